The molecule has 6 nitrogen and oxygen atoms in total. The molecule has 24 heavy (non-hydrogen) atoms. The number of aliphatic carboxylic acids is 1. The van der Waals surface area contributed by atoms with Gasteiger partial charge in [0.05, 0.1) is 12.5 Å². The molecule has 0 aliphatic carbocycles. The Labute approximate surface area is 142 Å². The predicted molar refractivity (Wildman–Crippen MR) is 89.3 cm³/mol. The molecular formula is C18H25NO5. The molecule has 1 fully saturated rings. The van der Waals surface area contributed by atoms with Crippen molar-refractivity contribution in [2.24, 2.45) is 5.92 Å². The third-order valence-corrected chi connectivity index (χ3v) is 3.89. The van der Waals surface area contributed by atoms with Crippen LogP contribution in [-0.4, -0.2) is 47.4 Å². The summed E-state index contributed by atoms with van der Waals surface area (Å²) in [5, 5.41) is 9.54. The van der Waals surface area contributed by atoms with Gasteiger partial charge in [-0.25, -0.2) is 4.79 Å². The highest BCUT2D eigenvalue weighted by molar-refractivity contribution is 5.76. The maximum atomic E-state index is 12.3. The number of carboxylic acids is 1. The molecule has 0 radical (unpaired) electrons. The number of nitrogens with zero attached hydrogens (tertiary/aromatic N) is 1. The van der Waals surface area contributed by atoms with Crippen molar-refractivity contribution in [3.05, 3.63) is 29.8 Å². The van der Waals surface area contributed by atoms with E-state index in [0.717, 1.165) is 5.56 Å². The van der Waals surface area contributed by atoms with Gasteiger partial charge in [-0.3, -0.25) is 4.79 Å². The maximum Gasteiger partial charge on any atom is 0.410 e. The maximum absolute atomic E-state index is 12.3. The van der Waals surface area contributed by atoms with Crippen molar-refractivity contribution in [3.8, 4) is 5.75 Å². The number of carbonyl (C=O) groups excluding carboxylic acids is 1. The Morgan fingerprint density at radius 1 is 1.29 bits per heavy atom. The molecule has 0 aromatic heterocycles. The molecule has 1 amide bonds. The Bertz CT molecular complexity index is 608. The molecule has 0 saturated carbocycles. The first kappa shape index (κ1) is 18.1. The molecule has 0 bridgehead atoms. The zero-order valence-electron chi connectivity index (χ0n) is 14.6. The molecule has 1 aliphatic heterocycles. The Kier molecular flexibility index (Phi) is 5.36. The molecule has 1 saturated heterocycles. The van der Waals surface area contributed by atoms with Crippen LogP contribution in [0.25, 0.3) is 0 Å². The van der Waals surface area contributed by atoms with Gasteiger partial charge in [0.15, 0.2) is 0 Å². The monoisotopic (exact) mass is 335 g/mol. The molecule has 1 aromatic carbocycles. The number of amides is 1. The van der Waals surface area contributed by atoms with E-state index in [1.165, 1.54) is 4.90 Å². The molecule has 0 spiro atoms. The summed E-state index contributed by atoms with van der Waals surface area (Å²) < 4.78 is 10.9. The predicted octanol–water partition coefficient (Wildman–Crippen LogP) is 3.12. The number of hydrogen-bond donors (Lipinski definition) is 1. The van der Waals surface area contributed by atoms with E-state index in [0.29, 0.717) is 18.9 Å². The van der Waals surface area contributed by atoms with Crippen LogP contribution in [0.1, 0.15) is 39.2 Å². The zero-order chi connectivity index (χ0) is 17.9. The van der Waals surface area contributed by atoms with Crippen LogP contribution in [-0.2, 0) is 9.53 Å². The first-order chi connectivity index (χ1) is 11.2. The highest BCUT2D eigenvalue weighted by Gasteiger charge is 2.41. The Morgan fingerprint density at radius 2 is 2.00 bits per heavy atom. The molecular weight excluding hydrogens is 310 g/mol. The van der Waals surface area contributed by atoms with Crippen molar-refractivity contribution in [3.63, 3.8) is 0 Å². The van der Waals surface area contributed by atoms with E-state index in [1.54, 1.807) is 20.8 Å². The average molecular weight is 335 g/mol. The lowest BCUT2D eigenvalue weighted by atomic mass is 9.89. The highest BCUT2D eigenvalue weighted by Crippen LogP contribution is 2.35. The summed E-state index contributed by atoms with van der Waals surface area (Å²) in [6.45, 7) is 8.28. The van der Waals surface area contributed by atoms with Gasteiger partial charge in [0.25, 0.3) is 0 Å². The van der Waals surface area contributed by atoms with E-state index >= 15 is 0 Å². The quantitative estimate of drug-likeness (QED) is 0.915. The molecule has 0 unspecified atom stereocenters. The number of carbonyl (C=O) groups is 2. The summed E-state index contributed by atoms with van der Waals surface area (Å²) >= 11 is 0. The molecule has 1 aromatic rings. The van der Waals surface area contributed by atoms with Crippen molar-refractivity contribution >= 4 is 12.1 Å². The lowest BCUT2D eigenvalue weighted by Crippen LogP contribution is -2.35. The molecule has 132 valence electrons. The van der Waals surface area contributed by atoms with E-state index in [-0.39, 0.29) is 12.5 Å². The fourth-order valence-electron chi connectivity index (χ4n) is 2.87. The van der Waals surface area contributed by atoms with Gasteiger partial charge in [0.2, 0.25) is 0 Å². The Hall–Kier alpha value is -2.24. The number of benzene rings is 1. The first-order valence-corrected chi connectivity index (χ1v) is 8.14. The van der Waals surface area contributed by atoms with Crippen molar-refractivity contribution in [2.45, 2.75) is 39.2 Å². The minimum absolute atomic E-state index is 0.147. The highest BCUT2D eigenvalue weighted by atomic mass is 16.6. The lowest BCUT2D eigenvalue weighted by Gasteiger charge is -2.24. The Balaban J connectivity index is 2.20. The summed E-state index contributed by atoms with van der Waals surface area (Å²) in [6, 6.07) is 7.41. The van der Waals surface area contributed by atoms with Crippen LogP contribution in [0.3, 0.4) is 0 Å². The largest absolute Gasteiger partial charge is 0.494 e. The van der Waals surface area contributed by atoms with Gasteiger partial charge >= 0.3 is 12.1 Å². The second-order valence-corrected chi connectivity index (χ2v) is 6.94. The fourth-order valence-corrected chi connectivity index (χ4v) is 2.87. The third-order valence-electron chi connectivity index (χ3n) is 3.89. The molecule has 6 heteroatoms. The van der Waals surface area contributed by atoms with Gasteiger partial charge in [0, 0.05) is 19.0 Å². The van der Waals surface area contributed by atoms with E-state index in [4.69, 9.17) is 9.47 Å². The van der Waals surface area contributed by atoms with Gasteiger partial charge in [0.1, 0.15) is 11.4 Å². The zero-order valence-corrected chi connectivity index (χ0v) is 14.6. The van der Waals surface area contributed by atoms with Gasteiger partial charge in [-0.1, -0.05) is 12.1 Å². The Morgan fingerprint density at radius 3 is 2.58 bits per heavy atom. The standard InChI is InChI=1S/C18H25NO5/c1-5-23-13-8-6-7-12(9-13)14-10-19(11-15(14)16(20)21)17(22)24-18(2,3)4/h6-9,14-15H,5,10-11H2,1-4H3,(H,20,21)/t14-,15+/m0/s1. The van der Waals surface area contributed by atoms with Crippen LogP contribution < -0.4 is 4.74 Å². The normalized spacial score (nSPS) is 20.8. The minimum atomic E-state index is -0.909. The van der Waals surface area contributed by atoms with E-state index in [2.05, 4.69) is 0 Å². The van der Waals surface area contributed by atoms with Crippen LogP contribution in [0.2, 0.25) is 0 Å². The molecule has 2 rings (SSSR count). The molecule has 1 heterocycles. The minimum Gasteiger partial charge on any atom is -0.494 e. The van der Waals surface area contributed by atoms with Crippen molar-refractivity contribution in [1.29, 1.82) is 0 Å². The van der Waals surface area contributed by atoms with E-state index in [9.17, 15) is 14.7 Å². The molecule has 1 N–H and O–H groups in total. The molecule has 2 atom stereocenters. The number of ether oxygens (including phenoxy) is 2. The third kappa shape index (κ3) is 4.40. The van der Waals surface area contributed by atoms with Crippen LogP contribution in [0.5, 0.6) is 5.75 Å². The topological polar surface area (TPSA) is 76.1 Å². The summed E-state index contributed by atoms with van der Waals surface area (Å²) in [6.07, 6.45) is -0.475. The van der Waals surface area contributed by atoms with Gasteiger partial charge in [-0.2, -0.15) is 0 Å². The second-order valence-electron chi connectivity index (χ2n) is 6.94. The summed E-state index contributed by atoms with van der Waals surface area (Å²) in [5.41, 5.74) is 0.252. The van der Waals surface area contributed by atoms with Crippen molar-refractivity contribution in [1.82, 2.24) is 4.90 Å². The number of rotatable bonds is 4. The van der Waals surface area contributed by atoms with Crippen LogP contribution >= 0.6 is 0 Å². The summed E-state index contributed by atoms with van der Waals surface area (Å²) in [7, 11) is 0. The fraction of sp³-hybridized carbons (Fsp3) is 0.556. The SMILES string of the molecule is CCOc1cccc([C@@H]2CN(C(=O)OC(C)(C)C)C[C@H]2C(=O)O)c1. The van der Waals surface area contributed by atoms with Crippen molar-refractivity contribution < 1.29 is 24.2 Å². The number of carboxylic acid groups (broad SMARTS) is 1. The van der Waals surface area contributed by atoms with Crippen LogP contribution in [0.15, 0.2) is 24.3 Å². The summed E-state index contributed by atoms with van der Waals surface area (Å²) in [4.78, 5) is 25.4. The van der Waals surface area contributed by atoms with Crippen molar-refractivity contribution in [2.75, 3.05) is 19.7 Å². The lowest BCUT2D eigenvalue weighted by molar-refractivity contribution is -0.141. The van der Waals surface area contributed by atoms with E-state index < -0.39 is 23.6 Å². The molecule has 1 aliphatic rings. The van der Waals surface area contributed by atoms with Gasteiger partial charge < -0.3 is 19.5 Å². The first-order valence-electron chi connectivity index (χ1n) is 8.14. The summed E-state index contributed by atoms with van der Waals surface area (Å²) in [5.74, 6) is -1.15. The number of likely N-dealkylation sites (tertiary alicyclic amines) is 1. The smallest absolute Gasteiger partial charge is 0.410 e. The number of hydrogen-bond acceptors (Lipinski definition) is 4. The van der Waals surface area contributed by atoms with Crippen LogP contribution in [0, 0.1) is 5.92 Å². The van der Waals surface area contributed by atoms with Gasteiger partial charge in [-0.05, 0) is 45.4 Å². The average Bonchev–Trinajstić information content (AvgIpc) is 2.91. The van der Waals surface area contributed by atoms with E-state index in [1.807, 2.05) is 31.2 Å². The second kappa shape index (κ2) is 7.11. The van der Waals surface area contributed by atoms with Gasteiger partial charge in [-0.15, -0.1) is 0 Å². The van der Waals surface area contributed by atoms with Crippen LogP contribution in [0.4, 0.5) is 4.79 Å².